The van der Waals surface area contributed by atoms with Gasteiger partial charge in [-0.15, -0.1) is 0 Å². The van der Waals surface area contributed by atoms with Crippen LogP contribution in [0.2, 0.25) is 0 Å². The minimum absolute atomic E-state index is 0.122. The fourth-order valence-corrected chi connectivity index (χ4v) is 2.73. The van der Waals surface area contributed by atoms with E-state index in [0.717, 1.165) is 16.5 Å². The Labute approximate surface area is 119 Å². The number of benzene rings is 2. The maximum absolute atomic E-state index is 6.51. The predicted molar refractivity (Wildman–Crippen MR) is 83.7 cm³/mol. The summed E-state index contributed by atoms with van der Waals surface area (Å²) in [6.07, 6.45) is 1.83. The van der Waals surface area contributed by atoms with Crippen molar-refractivity contribution >= 4 is 10.9 Å². The van der Waals surface area contributed by atoms with Crippen molar-refractivity contribution in [3.63, 3.8) is 0 Å². The van der Waals surface area contributed by atoms with Crippen molar-refractivity contribution in [1.82, 2.24) is 4.98 Å². The Balaban J connectivity index is 2.15. The summed E-state index contributed by atoms with van der Waals surface area (Å²) in [7, 11) is 0. The van der Waals surface area contributed by atoms with Gasteiger partial charge in [-0.1, -0.05) is 42.0 Å². The van der Waals surface area contributed by atoms with E-state index >= 15 is 0 Å². The monoisotopic (exact) mass is 262 g/mol. The molecule has 0 spiro atoms. The summed E-state index contributed by atoms with van der Waals surface area (Å²) in [5, 5.41) is 1.13. The minimum atomic E-state index is -0.122. The molecule has 20 heavy (non-hydrogen) atoms. The van der Waals surface area contributed by atoms with E-state index in [0.29, 0.717) is 0 Å². The van der Waals surface area contributed by atoms with E-state index in [2.05, 4.69) is 43.1 Å². The zero-order valence-electron chi connectivity index (χ0n) is 11.8. The highest BCUT2D eigenvalue weighted by Gasteiger charge is 2.14. The van der Waals surface area contributed by atoms with Gasteiger partial charge in [0.25, 0.3) is 0 Å². The Morgan fingerprint density at radius 1 is 0.950 bits per heavy atom. The molecule has 0 saturated carbocycles. The number of nitrogens with two attached hydrogens (primary N) is 1. The van der Waals surface area contributed by atoms with Crippen molar-refractivity contribution in [1.29, 1.82) is 0 Å². The number of para-hydroxylation sites is 1. The van der Waals surface area contributed by atoms with Gasteiger partial charge in [0.1, 0.15) is 0 Å². The Hall–Kier alpha value is -2.19. The number of hydrogen-bond acceptors (Lipinski definition) is 2. The zero-order valence-corrected chi connectivity index (χ0v) is 11.8. The second-order valence-electron chi connectivity index (χ2n) is 5.26. The maximum Gasteiger partial charge on any atom is 0.0705 e. The Bertz CT molecular complexity index is 757. The maximum atomic E-state index is 6.51. The number of aromatic nitrogens is 1. The van der Waals surface area contributed by atoms with E-state index in [4.69, 9.17) is 5.73 Å². The molecule has 3 aromatic rings. The van der Waals surface area contributed by atoms with Crippen LogP contribution >= 0.6 is 0 Å². The van der Waals surface area contributed by atoms with Gasteiger partial charge in [0.15, 0.2) is 0 Å². The van der Waals surface area contributed by atoms with E-state index < -0.39 is 0 Å². The number of pyridine rings is 1. The molecule has 0 aliphatic heterocycles. The molecule has 1 aromatic heterocycles. The number of nitrogens with zero attached hydrogens (tertiary/aromatic N) is 1. The summed E-state index contributed by atoms with van der Waals surface area (Å²) < 4.78 is 0. The van der Waals surface area contributed by atoms with Gasteiger partial charge in [-0.05, 0) is 42.7 Å². The molecular formula is C18H18N2. The topological polar surface area (TPSA) is 38.9 Å². The van der Waals surface area contributed by atoms with Gasteiger partial charge in [0.05, 0.1) is 11.6 Å². The highest BCUT2D eigenvalue weighted by atomic mass is 14.7. The first-order valence-corrected chi connectivity index (χ1v) is 6.83. The van der Waals surface area contributed by atoms with E-state index in [1.54, 1.807) is 0 Å². The summed E-state index contributed by atoms with van der Waals surface area (Å²) >= 11 is 0. The predicted octanol–water partition coefficient (Wildman–Crippen LogP) is 3.90. The summed E-state index contributed by atoms with van der Waals surface area (Å²) in [5.41, 5.74) is 12.3. The molecule has 100 valence electrons. The van der Waals surface area contributed by atoms with Crippen LogP contribution in [-0.2, 0) is 0 Å². The van der Waals surface area contributed by atoms with Crippen LogP contribution in [0.25, 0.3) is 10.9 Å². The molecule has 2 nitrogen and oxygen atoms in total. The van der Waals surface area contributed by atoms with Crippen LogP contribution < -0.4 is 5.73 Å². The molecule has 2 heteroatoms. The Kier molecular flexibility index (Phi) is 3.25. The van der Waals surface area contributed by atoms with Crippen molar-refractivity contribution in [2.45, 2.75) is 19.9 Å². The van der Waals surface area contributed by atoms with Gasteiger partial charge in [-0.2, -0.15) is 0 Å². The van der Waals surface area contributed by atoms with Crippen LogP contribution in [0.1, 0.15) is 28.3 Å². The zero-order chi connectivity index (χ0) is 14.1. The van der Waals surface area contributed by atoms with Gasteiger partial charge in [0, 0.05) is 11.6 Å². The molecule has 0 saturated heterocycles. The molecule has 0 fully saturated rings. The normalized spacial score (nSPS) is 12.6. The van der Waals surface area contributed by atoms with Crippen LogP contribution in [0.5, 0.6) is 0 Å². The van der Waals surface area contributed by atoms with Gasteiger partial charge < -0.3 is 5.73 Å². The third-order valence-electron chi connectivity index (χ3n) is 3.78. The molecule has 1 atom stereocenters. The molecular weight excluding hydrogens is 244 g/mol. The lowest BCUT2D eigenvalue weighted by atomic mass is 9.93. The fraction of sp³-hybridized carbons (Fsp3) is 0.167. The number of hydrogen-bond donors (Lipinski definition) is 1. The Morgan fingerprint density at radius 3 is 2.55 bits per heavy atom. The lowest BCUT2D eigenvalue weighted by Crippen LogP contribution is -2.14. The summed E-state index contributed by atoms with van der Waals surface area (Å²) in [6.45, 7) is 4.22. The molecule has 1 heterocycles. The first-order chi connectivity index (χ1) is 9.66. The summed E-state index contributed by atoms with van der Waals surface area (Å²) in [4.78, 5) is 4.40. The fourth-order valence-electron chi connectivity index (χ4n) is 2.73. The SMILES string of the molecule is Cc1ccc(C(N)c2ccnc3ccccc23)c(C)c1. The van der Waals surface area contributed by atoms with Crippen molar-refractivity contribution in [3.05, 3.63) is 77.0 Å². The highest BCUT2D eigenvalue weighted by Crippen LogP contribution is 2.28. The van der Waals surface area contributed by atoms with Crippen LogP contribution in [0.15, 0.2) is 54.7 Å². The lowest BCUT2D eigenvalue weighted by molar-refractivity contribution is 0.867. The smallest absolute Gasteiger partial charge is 0.0705 e. The van der Waals surface area contributed by atoms with Crippen LogP contribution in [0, 0.1) is 13.8 Å². The Morgan fingerprint density at radius 2 is 1.75 bits per heavy atom. The van der Waals surface area contributed by atoms with Gasteiger partial charge in [0.2, 0.25) is 0 Å². The van der Waals surface area contributed by atoms with Gasteiger partial charge in [-0.3, -0.25) is 4.98 Å². The van der Waals surface area contributed by atoms with Crippen molar-refractivity contribution in [3.8, 4) is 0 Å². The molecule has 1 unspecified atom stereocenters. The number of fused-ring (bicyclic) bond motifs is 1. The highest BCUT2D eigenvalue weighted by molar-refractivity contribution is 5.82. The first kappa shape index (κ1) is 12.8. The number of rotatable bonds is 2. The lowest BCUT2D eigenvalue weighted by Gasteiger charge is -2.17. The van der Waals surface area contributed by atoms with E-state index in [1.165, 1.54) is 16.7 Å². The first-order valence-electron chi connectivity index (χ1n) is 6.83. The van der Waals surface area contributed by atoms with Gasteiger partial charge >= 0.3 is 0 Å². The van der Waals surface area contributed by atoms with Crippen molar-refractivity contribution < 1.29 is 0 Å². The largest absolute Gasteiger partial charge is 0.320 e. The van der Waals surface area contributed by atoms with Crippen LogP contribution in [0.4, 0.5) is 0 Å². The molecule has 0 bridgehead atoms. The third-order valence-corrected chi connectivity index (χ3v) is 3.78. The molecule has 0 amide bonds. The van der Waals surface area contributed by atoms with Crippen molar-refractivity contribution in [2.75, 3.05) is 0 Å². The van der Waals surface area contributed by atoms with E-state index in [9.17, 15) is 0 Å². The molecule has 0 aliphatic carbocycles. The second kappa shape index (κ2) is 5.06. The quantitative estimate of drug-likeness (QED) is 0.760. The van der Waals surface area contributed by atoms with Crippen LogP contribution in [-0.4, -0.2) is 4.98 Å². The summed E-state index contributed by atoms with van der Waals surface area (Å²) in [6, 6.07) is 16.5. The molecule has 2 aromatic carbocycles. The number of aryl methyl sites for hydroxylation is 2. The second-order valence-corrected chi connectivity index (χ2v) is 5.26. The molecule has 0 radical (unpaired) electrons. The molecule has 0 aliphatic rings. The molecule has 3 rings (SSSR count). The standard InChI is InChI=1S/C18H18N2/c1-12-7-8-14(13(2)11-12)18(19)16-9-10-20-17-6-4-3-5-15(16)17/h3-11,18H,19H2,1-2H3. The van der Waals surface area contributed by atoms with E-state index in [-0.39, 0.29) is 6.04 Å². The molecule has 2 N–H and O–H groups in total. The minimum Gasteiger partial charge on any atom is -0.320 e. The van der Waals surface area contributed by atoms with Crippen molar-refractivity contribution in [2.24, 2.45) is 5.73 Å². The average Bonchev–Trinajstić information content (AvgIpc) is 2.46. The average molecular weight is 262 g/mol. The van der Waals surface area contributed by atoms with Gasteiger partial charge in [-0.25, -0.2) is 0 Å². The summed E-state index contributed by atoms with van der Waals surface area (Å²) in [5.74, 6) is 0. The van der Waals surface area contributed by atoms with Crippen LogP contribution in [0.3, 0.4) is 0 Å². The third kappa shape index (κ3) is 2.19. The van der Waals surface area contributed by atoms with E-state index in [1.807, 2.05) is 30.5 Å².